The molecule has 1 aliphatic rings. The lowest BCUT2D eigenvalue weighted by Gasteiger charge is -2.30. The highest BCUT2D eigenvalue weighted by atomic mass is 19.2. The molecule has 11 heteroatoms. The molecular weight excluding hydrogens is 454 g/mol. The summed E-state index contributed by atoms with van der Waals surface area (Å²) < 4.78 is 56.2. The third kappa shape index (κ3) is 5.40. The predicted octanol–water partition coefficient (Wildman–Crippen LogP) is 3.03. The highest BCUT2D eigenvalue weighted by molar-refractivity contribution is 5.98. The van der Waals surface area contributed by atoms with Crippen molar-refractivity contribution in [2.45, 2.75) is 46.3 Å². The molecule has 2 aromatic rings. The van der Waals surface area contributed by atoms with E-state index in [0.717, 1.165) is 6.07 Å². The number of hydrogen-bond donors (Lipinski definition) is 2. The number of nitrogens with zero attached hydrogens (tertiary/aromatic N) is 3. The Morgan fingerprint density at radius 1 is 1.12 bits per heavy atom. The van der Waals surface area contributed by atoms with Gasteiger partial charge in [0.2, 0.25) is 5.91 Å². The molecule has 0 saturated heterocycles. The minimum atomic E-state index is -1.33. The van der Waals surface area contributed by atoms with Crippen LogP contribution in [-0.2, 0) is 17.9 Å². The van der Waals surface area contributed by atoms with Crippen LogP contribution < -0.4 is 10.6 Å². The van der Waals surface area contributed by atoms with E-state index in [2.05, 4.69) is 15.6 Å². The third-order valence-electron chi connectivity index (χ3n) is 5.68. The van der Waals surface area contributed by atoms with Crippen molar-refractivity contribution in [3.63, 3.8) is 0 Å². The number of hydrogen-bond acceptors (Lipinski definition) is 4. The summed E-state index contributed by atoms with van der Waals surface area (Å²) in [6.45, 7) is 5.68. The predicted molar refractivity (Wildman–Crippen MR) is 118 cm³/mol. The van der Waals surface area contributed by atoms with Gasteiger partial charge in [-0.3, -0.25) is 9.59 Å². The first kappa shape index (κ1) is 25.7. The molecule has 1 aliphatic heterocycles. The lowest BCUT2D eigenvalue weighted by molar-refractivity contribution is -0.125. The van der Waals surface area contributed by atoms with Gasteiger partial charge in [-0.15, -0.1) is 0 Å². The lowest BCUT2D eigenvalue weighted by Crippen LogP contribution is -2.54. The number of carbonyl (C=O) groups is 2. The number of imidazole rings is 1. The Morgan fingerprint density at radius 2 is 1.79 bits per heavy atom. The maximum absolute atomic E-state index is 14.6. The minimum Gasteiger partial charge on any atom is -0.352 e. The van der Waals surface area contributed by atoms with Gasteiger partial charge in [-0.25, -0.2) is 22.5 Å². The number of rotatable bonds is 6. The highest BCUT2D eigenvalue weighted by Crippen LogP contribution is 2.30. The number of halogens is 4. The molecule has 0 bridgehead atoms. The van der Waals surface area contributed by atoms with Crippen molar-refractivity contribution >= 4 is 11.8 Å². The van der Waals surface area contributed by atoms with Crippen LogP contribution in [0, 0.1) is 22.9 Å². The SMILES string of the molecule is CN1CCCn2c(-c3cc(F)c(F)cc3F)nc(C(=O)N[C@H](C(=O)NCCF)C(C)(C)C)c2C1. The molecule has 0 aliphatic carbocycles. The Labute approximate surface area is 195 Å². The van der Waals surface area contributed by atoms with Gasteiger partial charge in [0, 0.05) is 25.7 Å². The number of nitrogens with one attached hydrogen (secondary N) is 2. The Kier molecular flexibility index (Phi) is 7.64. The average molecular weight is 484 g/mol. The highest BCUT2D eigenvalue weighted by Gasteiger charge is 2.35. The number of amides is 2. The molecule has 186 valence electrons. The van der Waals surface area contributed by atoms with Crippen LogP contribution in [0.3, 0.4) is 0 Å². The van der Waals surface area contributed by atoms with E-state index < -0.39 is 47.4 Å². The smallest absolute Gasteiger partial charge is 0.272 e. The number of aromatic nitrogens is 2. The van der Waals surface area contributed by atoms with Crippen LogP contribution in [0.1, 0.15) is 43.4 Å². The van der Waals surface area contributed by atoms with E-state index in [1.54, 1.807) is 25.3 Å². The molecule has 2 heterocycles. The molecule has 34 heavy (non-hydrogen) atoms. The van der Waals surface area contributed by atoms with Crippen molar-refractivity contribution in [3.8, 4) is 11.4 Å². The number of fused-ring (bicyclic) bond motifs is 1. The fourth-order valence-electron chi connectivity index (χ4n) is 3.95. The van der Waals surface area contributed by atoms with Crippen LogP contribution in [0.4, 0.5) is 17.6 Å². The first-order valence-electron chi connectivity index (χ1n) is 11.0. The van der Waals surface area contributed by atoms with Crippen molar-refractivity contribution in [1.29, 1.82) is 0 Å². The topological polar surface area (TPSA) is 79.3 Å². The molecule has 0 fully saturated rings. The largest absolute Gasteiger partial charge is 0.352 e. The molecular formula is C23H29F4N5O2. The second-order valence-corrected chi connectivity index (χ2v) is 9.47. The summed E-state index contributed by atoms with van der Waals surface area (Å²) in [6, 6.07) is 0.161. The molecule has 7 nitrogen and oxygen atoms in total. The van der Waals surface area contributed by atoms with E-state index in [0.29, 0.717) is 37.8 Å². The van der Waals surface area contributed by atoms with Crippen LogP contribution in [0.2, 0.25) is 0 Å². The molecule has 3 rings (SSSR count). The summed E-state index contributed by atoms with van der Waals surface area (Å²) in [5.74, 6) is -4.79. The van der Waals surface area contributed by atoms with Crippen LogP contribution in [-0.4, -0.2) is 59.1 Å². The fraction of sp³-hybridized carbons (Fsp3) is 0.522. The van der Waals surface area contributed by atoms with Crippen molar-refractivity contribution in [1.82, 2.24) is 25.1 Å². The average Bonchev–Trinajstić information content (AvgIpc) is 2.97. The monoisotopic (exact) mass is 483 g/mol. The molecule has 2 amide bonds. The normalized spacial score (nSPS) is 15.4. The Hall–Kier alpha value is -2.95. The summed E-state index contributed by atoms with van der Waals surface area (Å²) in [4.78, 5) is 32.2. The molecule has 1 aromatic heterocycles. The second-order valence-electron chi connectivity index (χ2n) is 9.47. The third-order valence-corrected chi connectivity index (χ3v) is 5.68. The van der Waals surface area contributed by atoms with Gasteiger partial charge in [-0.1, -0.05) is 20.8 Å². The van der Waals surface area contributed by atoms with E-state index in [9.17, 15) is 27.2 Å². The van der Waals surface area contributed by atoms with Crippen LogP contribution >= 0.6 is 0 Å². The Morgan fingerprint density at radius 3 is 2.44 bits per heavy atom. The fourth-order valence-corrected chi connectivity index (χ4v) is 3.95. The minimum absolute atomic E-state index is 0.000962. The van der Waals surface area contributed by atoms with Gasteiger partial charge < -0.3 is 20.1 Å². The van der Waals surface area contributed by atoms with E-state index in [-0.39, 0.29) is 23.6 Å². The number of alkyl halides is 1. The van der Waals surface area contributed by atoms with E-state index in [4.69, 9.17) is 0 Å². The summed E-state index contributed by atoms with van der Waals surface area (Å²) in [7, 11) is 1.85. The van der Waals surface area contributed by atoms with E-state index in [1.165, 1.54) is 0 Å². The second kappa shape index (κ2) is 10.1. The molecule has 2 N–H and O–H groups in total. The van der Waals surface area contributed by atoms with Gasteiger partial charge in [0.05, 0.1) is 11.3 Å². The van der Waals surface area contributed by atoms with Crippen molar-refractivity contribution in [2.24, 2.45) is 5.41 Å². The molecule has 0 saturated carbocycles. The van der Waals surface area contributed by atoms with E-state index in [1.807, 2.05) is 11.9 Å². The van der Waals surface area contributed by atoms with Gasteiger partial charge >= 0.3 is 0 Å². The quantitative estimate of drug-likeness (QED) is 0.489. The zero-order chi connectivity index (χ0) is 25.2. The molecule has 0 spiro atoms. The molecule has 1 atom stereocenters. The van der Waals surface area contributed by atoms with E-state index >= 15 is 0 Å². The lowest BCUT2D eigenvalue weighted by atomic mass is 9.86. The standard InChI is InChI=1S/C23H29F4N5O2/c1-23(2,3)19(22(34)28-7-6-24)30-21(33)18-17-12-31(4)8-5-9-32(17)20(29-18)13-10-15(26)16(27)11-14(13)25/h10-11,19H,5-9,12H2,1-4H3,(H,28,34)(H,30,33)/t19-/m1/s1. The van der Waals surface area contributed by atoms with Crippen molar-refractivity contribution < 1.29 is 27.2 Å². The van der Waals surface area contributed by atoms with Gasteiger partial charge in [0.1, 0.15) is 24.4 Å². The molecule has 0 unspecified atom stereocenters. The van der Waals surface area contributed by atoms with Gasteiger partial charge in [0.15, 0.2) is 17.3 Å². The summed E-state index contributed by atoms with van der Waals surface area (Å²) in [6.07, 6.45) is 0.662. The van der Waals surface area contributed by atoms with Crippen LogP contribution in [0.15, 0.2) is 12.1 Å². The Bertz CT molecular complexity index is 1080. The summed E-state index contributed by atoms with van der Waals surface area (Å²) >= 11 is 0. The maximum Gasteiger partial charge on any atom is 0.272 e. The van der Waals surface area contributed by atoms with Crippen LogP contribution in [0.5, 0.6) is 0 Å². The van der Waals surface area contributed by atoms with Crippen molar-refractivity contribution in [2.75, 3.05) is 26.8 Å². The van der Waals surface area contributed by atoms with Crippen LogP contribution in [0.25, 0.3) is 11.4 Å². The van der Waals surface area contributed by atoms with Gasteiger partial charge in [-0.05, 0) is 31.5 Å². The summed E-state index contributed by atoms with van der Waals surface area (Å²) in [5.41, 5.74) is -0.552. The zero-order valence-corrected chi connectivity index (χ0v) is 19.6. The number of benzene rings is 1. The zero-order valence-electron chi connectivity index (χ0n) is 19.6. The maximum atomic E-state index is 14.6. The Balaban J connectivity index is 2.06. The van der Waals surface area contributed by atoms with Gasteiger partial charge in [-0.2, -0.15) is 0 Å². The first-order chi connectivity index (χ1) is 15.9. The summed E-state index contributed by atoms with van der Waals surface area (Å²) in [5, 5.41) is 5.11. The van der Waals surface area contributed by atoms with Gasteiger partial charge in [0.25, 0.3) is 5.91 Å². The van der Waals surface area contributed by atoms with Crippen molar-refractivity contribution in [3.05, 3.63) is 41.0 Å². The first-order valence-corrected chi connectivity index (χ1v) is 11.0. The molecule has 1 aromatic carbocycles. The number of carbonyl (C=O) groups excluding carboxylic acids is 2. The molecule has 0 radical (unpaired) electrons.